The van der Waals surface area contributed by atoms with Crippen molar-refractivity contribution in [3.63, 3.8) is 0 Å². The van der Waals surface area contributed by atoms with E-state index in [0.29, 0.717) is 24.1 Å². The number of hydrogen-bond acceptors (Lipinski definition) is 5. The van der Waals surface area contributed by atoms with Crippen LogP contribution < -0.4 is 4.90 Å². The molecule has 1 heterocycles. The molecule has 2 aromatic rings. The van der Waals surface area contributed by atoms with Crippen LogP contribution in [0.5, 0.6) is 0 Å². The van der Waals surface area contributed by atoms with Crippen molar-refractivity contribution < 1.29 is 23.9 Å². The number of nitrogens with zero attached hydrogens (tertiary/aromatic N) is 1. The van der Waals surface area contributed by atoms with E-state index >= 15 is 0 Å². The molecule has 2 amide bonds. The first-order valence-electron chi connectivity index (χ1n) is 9.98. The fourth-order valence-electron chi connectivity index (χ4n) is 4.03. The number of hydrogen-bond donors (Lipinski definition) is 0. The van der Waals surface area contributed by atoms with Crippen LogP contribution >= 0.6 is 47.8 Å². The van der Waals surface area contributed by atoms with Gasteiger partial charge < -0.3 is 4.74 Å². The Morgan fingerprint density at radius 2 is 1.34 bits per heavy atom. The van der Waals surface area contributed by atoms with Crippen LogP contribution in [0.4, 0.5) is 5.69 Å². The van der Waals surface area contributed by atoms with Crippen molar-refractivity contribution in [3.8, 4) is 0 Å². The topological polar surface area (TPSA) is 80.8 Å². The summed E-state index contributed by atoms with van der Waals surface area (Å²) in [6, 6.07) is 12.9. The number of Topliss-reactive ketones (excluding diaryl/α,β-unsaturated/α-hetero) is 1. The molecule has 2 aliphatic rings. The second-order valence-corrected chi connectivity index (χ2v) is 11.0. The van der Waals surface area contributed by atoms with E-state index in [2.05, 4.69) is 47.8 Å². The number of carbonyl (C=O) groups is 4. The summed E-state index contributed by atoms with van der Waals surface area (Å²) in [4.78, 5) is 51.8. The van der Waals surface area contributed by atoms with Crippen LogP contribution in [-0.2, 0) is 14.3 Å². The van der Waals surface area contributed by atoms with Crippen LogP contribution in [0, 0.1) is 11.8 Å². The van der Waals surface area contributed by atoms with Gasteiger partial charge in [-0.25, -0.2) is 4.79 Å². The lowest BCUT2D eigenvalue weighted by atomic mass is 9.81. The summed E-state index contributed by atoms with van der Waals surface area (Å²) in [6.07, 6.45) is 1.19. The van der Waals surface area contributed by atoms with Gasteiger partial charge in [0.15, 0.2) is 12.4 Å². The summed E-state index contributed by atoms with van der Waals surface area (Å²) in [7, 11) is 0. The fourth-order valence-corrected chi connectivity index (χ4v) is 5.53. The van der Waals surface area contributed by atoms with E-state index in [-0.39, 0.29) is 51.3 Å². The largest absolute Gasteiger partial charge is 0.454 e. The molecule has 0 spiro atoms. The zero-order valence-electron chi connectivity index (χ0n) is 16.7. The summed E-state index contributed by atoms with van der Waals surface area (Å²) < 4.78 is 5.97. The highest BCUT2D eigenvalue weighted by atomic mass is 79.9. The molecule has 1 saturated carbocycles. The van der Waals surface area contributed by atoms with E-state index in [1.807, 2.05) is 0 Å². The number of rotatable bonds is 5. The Morgan fingerprint density at radius 3 is 1.88 bits per heavy atom. The normalized spacial score (nSPS) is 24.9. The highest BCUT2D eigenvalue weighted by Gasteiger charge is 2.52. The standard InChI is InChI=1S/C23H18Br3NO5/c24-14-5-1-12(2-6-14)20(28)11-32-23(31)13-3-7-15(8-4-13)27-21(29)16-9-18(25)19(26)10-17(16)22(27)30/h1-8,16-19H,9-11H2. The third-order valence-electron chi connectivity index (χ3n) is 5.77. The molecule has 2 aromatic carbocycles. The van der Waals surface area contributed by atoms with Crippen LogP contribution in [-0.4, -0.2) is 39.8 Å². The van der Waals surface area contributed by atoms with Crippen LogP contribution in [0.15, 0.2) is 53.0 Å². The van der Waals surface area contributed by atoms with Crippen LogP contribution in [0.3, 0.4) is 0 Å². The van der Waals surface area contributed by atoms with E-state index in [0.717, 1.165) is 4.47 Å². The number of ketones is 1. The maximum Gasteiger partial charge on any atom is 0.338 e. The van der Waals surface area contributed by atoms with Crippen LogP contribution in [0.2, 0.25) is 0 Å². The van der Waals surface area contributed by atoms with E-state index in [1.54, 1.807) is 36.4 Å². The molecule has 32 heavy (non-hydrogen) atoms. The zero-order valence-corrected chi connectivity index (χ0v) is 21.4. The molecule has 1 aliphatic heterocycles. The molecule has 0 N–H and O–H groups in total. The number of carbonyl (C=O) groups excluding carboxylic acids is 4. The maximum atomic E-state index is 12.9. The number of alkyl halides is 2. The minimum Gasteiger partial charge on any atom is -0.454 e. The molecule has 0 radical (unpaired) electrons. The molecule has 4 atom stereocenters. The van der Waals surface area contributed by atoms with Gasteiger partial charge in [-0.15, -0.1) is 0 Å². The minimum atomic E-state index is -0.654. The predicted molar refractivity (Wildman–Crippen MR) is 129 cm³/mol. The smallest absolute Gasteiger partial charge is 0.338 e. The molecular formula is C23H18Br3NO5. The summed E-state index contributed by atoms with van der Waals surface area (Å²) in [6.45, 7) is -0.379. The quantitative estimate of drug-likeness (QED) is 0.204. The Kier molecular flexibility index (Phi) is 6.97. The molecule has 1 aliphatic carbocycles. The second kappa shape index (κ2) is 9.57. The average Bonchev–Trinajstić information content (AvgIpc) is 3.02. The molecule has 2 fully saturated rings. The number of amides is 2. The van der Waals surface area contributed by atoms with Crippen molar-refractivity contribution in [1.29, 1.82) is 0 Å². The number of anilines is 1. The van der Waals surface area contributed by atoms with Gasteiger partial charge in [0, 0.05) is 19.7 Å². The van der Waals surface area contributed by atoms with Crippen molar-refractivity contribution in [3.05, 3.63) is 64.1 Å². The lowest BCUT2D eigenvalue weighted by Gasteiger charge is -2.29. The van der Waals surface area contributed by atoms with E-state index in [4.69, 9.17) is 4.74 Å². The Morgan fingerprint density at radius 1 is 0.844 bits per heavy atom. The Balaban J connectivity index is 1.41. The number of esters is 1. The van der Waals surface area contributed by atoms with E-state index in [1.165, 1.54) is 17.0 Å². The maximum absolute atomic E-state index is 12.9. The first-order valence-corrected chi connectivity index (χ1v) is 12.6. The summed E-state index contributed by atoms with van der Waals surface area (Å²) >= 11 is 10.5. The highest BCUT2D eigenvalue weighted by molar-refractivity contribution is 9.12. The predicted octanol–water partition coefficient (Wildman–Crippen LogP) is 4.92. The molecule has 9 heteroatoms. The average molecular weight is 628 g/mol. The molecule has 6 nitrogen and oxygen atoms in total. The van der Waals surface area contributed by atoms with Gasteiger partial charge in [0.05, 0.1) is 23.1 Å². The van der Waals surface area contributed by atoms with Crippen molar-refractivity contribution in [2.75, 3.05) is 11.5 Å². The lowest BCUT2D eigenvalue weighted by molar-refractivity contribution is -0.122. The van der Waals surface area contributed by atoms with Crippen molar-refractivity contribution in [1.82, 2.24) is 0 Å². The number of benzene rings is 2. The van der Waals surface area contributed by atoms with Gasteiger partial charge in [-0.05, 0) is 49.2 Å². The van der Waals surface area contributed by atoms with Crippen molar-refractivity contribution in [2.24, 2.45) is 11.8 Å². The van der Waals surface area contributed by atoms with Gasteiger partial charge in [-0.3, -0.25) is 19.3 Å². The summed E-state index contributed by atoms with van der Waals surface area (Å²) in [5, 5.41) is 0. The van der Waals surface area contributed by atoms with E-state index < -0.39 is 5.97 Å². The molecular weight excluding hydrogens is 610 g/mol. The summed E-state index contributed by atoms with van der Waals surface area (Å²) in [5.74, 6) is -2.06. The summed E-state index contributed by atoms with van der Waals surface area (Å²) in [5.41, 5.74) is 1.10. The number of ether oxygens (including phenoxy) is 1. The van der Waals surface area contributed by atoms with E-state index in [9.17, 15) is 19.2 Å². The second-order valence-electron chi connectivity index (χ2n) is 7.78. The SMILES string of the molecule is O=C(COC(=O)c1ccc(N2C(=O)C3CC(Br)C(Br)CC3C2=O)cc1)c1ccc(Br)cc1. The lowest BCUT2D eigenvalue weighted by Crippen LogP contribution is -2.34. The molecule has 4 rings (SSSR count). The number of fused-ring (bicyclic) bond motifs is 1. The van der Waals surface area contributed by atoms with Crippen LogP contribution in [0.1, 0.15) is 33.6 Å². The third kappa shape index (κ3) is 4.61. The van der Waals surface area contributed by atoms with Crippen LogP contribution in [0.25, 0.3) is 0 Å². The van der Waals surface area contributed by atoms with Crippen molar-refractivity contribution in [2.45, 2.75) is 22.5 Å². The first kappa shape index (κ1) is 23.3. The number of imide groups is 1. The van der Waals surface area contributed by atoms with Gasteiger partial charge in [-0.2, -0.15) is 0 Å². The van der Waals surface area contributed by atoms with Crippen molar-refractivity contribution >= 4 is 77.0 Å². The Bertz CT molecular complexity index is 1040. The Hall–Kier alpha value is -1.84. The monoisotopic (exact) mass is 625 g/mol. The van der Waals surface area contributed by atoms with Gasteiger partial charge >= 0.3 is 5.97 Å². The molecule has 0 bridgehead atoms. The van der Waals surface area contributed by atoms with Gasteiger partial charge in [0.25, 0.3) is 0 Å². The number of halogens is 3. The zero-order chi connectivity index (χ0) is 23.0. The highest BCUT2D eigenvalue weighted by Crippen LogP contribution is 2.44. The third-order valence-corrected chi connectivity index (χ3v) is 9.04. The molecule has 1 saturated heterocycles. The minimum absolute atomic E-state index is 0.137. The molecule has 166 valence electrons. The first-order chi connectivity index (χ1) is 15.3. The Labute approximate surface area is 210 Å². The molecule has 0 aromatic heterocycles. The van der Waals surface area contributed by atoms with Gasteiger partial charge in [0.1, 0.15) is 0 Å². The van der Waals surface area contributed by atoms with Gasteiger partial charge in [0.2, 0.25) is 11.8 Å². The molecule has 4 unspecified atom stereocenters. The fraction of sp³-hybridized carbons (Fsp3) is 0.304. The van der Waals surface area contributed by atoms with Gasteiger partial charge in [-0.1, -0.05) is 59.9 Å².